The summed E-state index contributed by atoms with van der Waals surface area (Å²) in [5, 5.41) is 21.8. The second-order valence-corrected chi connectivity index (χ2v) is 6.59. The number of fused-ring (bicyclic) bond motifs is 1. The van der Waals surface area contributed by atoms with Crippen molar-refractivity contribution in [1.29, 1.82) is 0 Å². The van der Waals surface area contributed by atoms with Crippen LogP contribution in [-0.4, -0.2) is 50.5 Å². The third-order valence-corrected chi connectivity index (χ3v) is 5.16. The van der Waals surface area contributed by atoms with Crippen LogP contribution < -0.4 is 5.32 Å². The third-order valence-electron chi connectivity index (χ3n) is 2.95. The number of hydrogen-bond donors (Lipinski definition) is 3. The highest BCUT2D eigenvalue weighted by molar-refractivity contribution is 8.15. The van der Waals surface area contributed by atoms with E-state index >= 15 is 0 Å². The molecule has 1 aliphatic heterocycles. The number of hydrogen-bond acceptors (Lipinski definition) is 7. The summed E-state index contributed by atoms with van der Waals surface area (Å²) < 4.78 is 0.896. The second kappa shape index (κ2) is 5.93. The lowest BCUT2D eigenvalue weighted by Crippen LogP contribution is -2.17. The molecule has 3 N–H and O–H groups in total. The van der Waals surface area contributed by atoms with E-state index in [1.54, 1.807) is 12.1 Å². The van der Waals surface area contributed by atoms with Gasteiger partial charge in [-0.15, -0.1) is 23.1 Å². The average molecular weight is 337 g/mol. The highest BCUT2D eigenvalue weighted by Gasteiger charge is 2.26. The van der Waals surface area contributed by atoms with Gasteiger partial charge in [-0.2, -0.15) is 0 Å². The summed E-state index contributed by atoms with van der Waals surface area (Å²) in [6.45, 7) is -0.153. The fourth-order valence-corrected chi connectivity index (χ4v) is 4.02. The van der Waals surface area contributed by atoms with Gasteiger partial charge in [-0.1, -0.05) is 0 Å². The van der Waals surface area contributed by atoms with Crippen LogP contribution in [0.1, 0.15) is 5.01 Å². The van der Waals surface area contributed by atoms with Gasteiger partial charge in [0.2, 0.25) is 0 Å². The quantitative estimate of drug-likeness (QED) is 0.762. The molecule has 2 heterocycles. The Bertz CT molecular complexity index is 787. The van der Waals surface area contributed by atoms with Crippen molar-refractivity contribution in [3.8, 4) is 0 Å². The maximum Gasteiger partial charge on any atom is 0.329 e. The maximum atomic E-state index is 10.9. The Labute approximate surface area is 133 Å². The highest BCUT2D eigenvalue weighted by atomic mass is 32.2. The molecule has 1 atom stereocenters. The van der Waals surface area contributed by atoms with Crippen LogP contribution in [0.4, 0.5) is 5.69 Å². The number of aromatic nitrogens is 1. The van der Waals surface area contributed by atoms with Crippen LogP contribution in [0.2, 0.25) is 0 Å². The number of aliphatic imine (C=N–C) groups is 1. The summed E-state index contributed by atoms with van der Waals surface area (Å²) >= 11 is 2.80. The number of rotatable bonds is 5. The number of carbonyl (C=O) groups is 2. The minimum Gasteiger partial charge on any atom is -0.480 e. The summed E-state index contributed by atoms with van der Waals surface area (Å²) in [4.78, 5) is 30.1. The van der Waals surface area contributed by atoms with E-state index in [9.17, 15) is 9.59 Å². The molecule has 9 heteroatoms. The number of thiazole rings is 1. The number of benzene rings is 1. The molecule has 0 spiro atoms. The topological polar surface area (TPSA) is 112 Å². The van der Waals surface area contributed by atoms with Crippen LogP contribution in [0.5, 0.6) is 0 Å². The summed E-state index contributed by atoms with van der Waals surface area (Å²) in [5.41, 5.74) is 1.48. The van der Waals surface area contributed by atoms with E-state index in [1.807, 2.05) is 6.07 Å². The number of anilines is 1. The van der Waals surface area contributed by atoms with Crippen LogP contribution in [0, 0.1) is 0 Å². The highest BCUT2D eigenvalue weighted by Crippen LogP contribution is 2.31. The number of aliphatic carboxylic acids is 2. The molecule has 0 amide bonds. The Morgan fingerprint density at radius 2 is 2.18 bits per heavy atom. The van der Waals surface area contributed by atoms with Gasteiger partial charge in [-0.05, 0) is 18.2 Å². The standard InChI is InChI=1S/C13H11N3O4S2/c17-10(18)4-14-6-1-2-7-9(3-6)22-12(15-7)11-16-8(5-21-11)13(19)20/h1-3,8,14H,4-5H2,(H,17,18)(H,19,20)/t8-/m1/s1. The number of thioether (sulfide) groups is 1. The van der Waals surface area contributed by atoms with Crippen LogP contribution in [0.15, 0.2) is 23.2 Å². The molecule has 114 valence electrons. The molecule has 0 unspecified atom stereocenters. The first-order valence-electron chi connectivity index (χ1n) is 6.33. The predicted molar refractivity (Wildman–Crippen MR) is 86.2 cm³/mol. The minimum absolute atomic E-state index is 0.153. The van der Waals surface area contributed by atoms with E-state index in [0.29, 0.717) is 21.5 Å². The lowest BCUT2D eigenvalue weighted by Gasteiger charge is -2.01. The van der Waals surface area contributed by atoms with Gasteiger partial charge < -0.3 is 15.5 Å². The first kappa shape index (κ1) is 14.8. The van der Waals surface area contributed by atoms with Crippen molar-refractivity contribution in [2.45, 2.75) is 6.04 Å². The molecule has 22 heavy (non-hydrogen) atoms. The zero-order valence-electron chi connectivity index (χ0n) is 11.1. The van der Waals surface area contributed by atoms with Crippen LogP contribution in [0.25, 0.3) is 10.2 Å². The summed E-state index contributed by atoms with van der Waals surface area (Å²) in [6, 6.07) is 4.68. The Kier molecular flexibility index (Phi) is 3.99. The van der Waals surface area contributed by atoms with Crippen molar-refractivity contribution in [2.24, 2.45) is 4.99 Å². The van der Waals surface area contributed by atoms with Gasteiger partial charge in [0.25, 0.3) is 0 Å². The molecule has 0 aliphatic carbocycles. The van der Waals surface area contributed by atoms with Crippen molar-refractivity contribution in [2.75, 3.05) is 17.6 Å². The van der Waals surface area contributed by atoms with E-state index < -0.39 is 18.0 Å². The van der Waals surface area contributed by atoms with Gasteiger partial charge in [0.05, 0.1) is 10.2 Å². The summed E-state index contributed by atoms with van der Waals surface area (Å²) in [6.07, 6.45) is 0. The zero-order valence-corrected chi connectivity index (χ0v) is 12.8. The Hall–Kier alpha value is -2.13. The minimum atomic E-state index is -0.929. The molecule has 0 fully saturated rings. The summed E-state index contributed by atoms with van der Waals surface area (Å²) in [7, 11) is 0. The van der Waals surface area contributed by atoms with Gasteiger partial charge in [0.1, 0.15) is 16.6 Å². The fourth-order valence-electron chi connectivity index (χ4n) is 1.92. The van der Waals surface area contributed by atoms with Gasteiger partial charge in [0.15, 0.2) is 6.04 Å². The molecule has 0 saturated heterocycles. The SMILES string of the molecule is O=C(O)CNc1ccc2nc(C3=N[C@@H](C(=O)O)CS3)sc2c1. The first-order valence-corrected chi connectivity index (χ1v) is 8.13. The maximum absolute atomic E-state index is 10.9. The zero-order chi connectivity index (χ0) is 15.7. The Morgan fingerprint density at radius 3 is 2.86 bits per heavy atom. The largest absolute Gasteiger partial charge is 0.480 e. The van der Waals surface area contributed by atoms with Crippen molar-refractivity contribution >= 4 is 56.0 Å². The summed E-state index contributed by atoms with van der Waals surface area (Å²) in [5.74, 6) is -1.43. The van der Waals surface area contributed by atoms with E-state index in [0.717, 1.165) is 10.2 Å². The van der Waals surface area contributed by atoms with E-state index in [2.05, 4.69) is 15.3 Å². The van der Waals surface area contributed by atoms with Gasteiger partial charge in [-0.3, -0.25) is 9.79 Å². The molecule has 1 aromatic carbocycles. The van der Waals surface area contributed by atoms with E-state index in [4.69, 9.17) is 10.2 Å². The molecular weight excluding hydrogens is 326 g/mol. The lowest BCUT2D eigenvalue weighted by molar-refractivity contribution is -0.138. The molecule has 3 rings (SSSR count). The van der Waals surface area contributed by atoms with Crippen LogP contribution in [0.3, 0.4) is 0 Å². The van der Waals surface area contributed by atoms with Crippen molar-refractivity contribution in [3.63, 3.8) is 0 Å². The fraction of sp³-hybridized carbons (Fsp3) is 0.231. The normalized spacial score (nSPS) is 17.5. The van der Waals surface area contributed by atoms with Crippen LogP contribution >= 0.6 is 23.1 Å². The van der Waals surface area contributed by atoms with Crippen LogP contribution in [-0.2, 0) is 9.59 Å². The molecular formula is C13H11N3O4S2. The first-order chi connectivity index (χ1) is 10.5. The van der Waals surface area contributed by atoms with Gasteiger partial charge in [0, 0.05) is 11.4 Å². The predicted octanol–water partition coefficient (Wildman–Crippen LogP) is 1.74. The number of nitrogens with zero attached hydrogens (tertiary/aromatic N) is 2. The van der Waals surface area contributed by atoms with Crippen molar-refractivity contribution in [1.82, 2.24) is 4.98 Å². The lowest BCUT2D eigenvalue weighted by atomic mass is 10.3. The molecule has 7 nitrogen and oxygen atoms in total. The molecule has 2 aromatic rings. The van der Waals surface area contributed by atoms with Crippen molar-refractivity contribution in [3.05, 3.63) is 23.2 Å². The molecule has 1 aliphatic rings. The Balaban J connectivity index is 1.85. The monoisotopic (exact) mass is 337 g/mol. The van der Waals surface area contributed by atoms with E-state index in [-0.39, 0.29) is 6.54 Å². The smallest absolute Gasteiger partial charge is 0.329 e. The molecule has 0 saturated carbocycles. The average Bonchev–Trinajstić information content (AvgIpc) is 3.10. The van der Waals surface area contributed by atoms with Crippen molar-refractivity contribution < 1.29 is 19.8 Å². The Morgan fingerprint density at radius 1 is 1.36 bits per heavy atom. The molecule has 1 aromatic heterocycles. The second-order valence-electron chi connectivity index (χ2n) is 4.55. The number of nitrogens with one attached hydrogen (secondary N) is 1. The molecule has 0 bridgehead atoms. The van der Waals surface area contributed by atoms with Gasteiger partial charge in [-0.25, -0.2) is 9.78 Å². The van der Waals surface area contributed by atoms with Gasteiger partial charge >= 0.3 is 11.9 Å². The molecule has 0 radical (unpaired) electrons. The third kappa shape index (κ3) is 3.04. The number of carboxylic acids is 2. The number of carboxylic acid groups (broad SMARTS) is 2. The van der Waals surface area contributed by atoms with E-state index in [1.165, 1.54) is 23.1 Å².